The Morgan fingerprint density at radius 1 is 1.13 bits per heavy atom. The van der Waals surface area contributed by atoms with Crippen LogP contribution in [0.1, 0.15) is 56.4 Å². The second-order valence-corrected chi connectivity index (χ2v) is 11.1. The average molecular weight is 467 g/mol. The quantitative estimate of drug-likeness (QED) is 0.637. The number of halogens is 1. The van der Waals surface area contributed by atoms with Gasteiger partial charge in [0.2, 0.25) is 0 Å². The Morgan fingerprint density at radius 3 is 2.55 bits per heavy atom. The highest BCUT2D eigenvalue weighted by Crippen LogP contribution is 2.38. The molecule has 2 N–H and O–H groups in total. The van der Waals surface area contributed by atoms with Crippen molar-refractivity contribution in [1.82, 2.24) is 14.0 Å². The van der Waals surface area contributed by atoms with Gasteiger partial charge >= 0.3 is 0 Å². The SMILES string of the molecule is CCN(CC)S(=O)(=O)NC1CCC(Nc2nc3c(s2)CCCc2ccc(F)cc2-3)CC1. The maximum atomic E-state index is 13.9. The fourth-order valence-electron chi connectivity index (χ4n) is 4.60. The highest BCUT2D eigenvalue weighted by Gasteiger charge is 2.28. The predicted molar refractivity (Wildman–Crippen MR) is 124 cm³/mol. The lowest BCUT2D eigenvalue weighted by Crippen LogP contribution is -2.47. The number of nitrogens with one attached hydrogen (secondary N) is 2. The van der Waals surface area contributed by atoms with Crippen molar-refractivity contribution in [1.29, 1.82) is 0 Å². The summed E-state index contributed by atoms with van der Waals surface area (Å²) in [5, 5.41) is 4.44. The van der Waals surface area contributed by atoms with Crippen LogP contribution in [-0.2, 0) is 23.1 Å². The molecule has 1 heterocycles. The van der Waals surface area contributed by atoms with Crippen molar-refractivity contribution < 1.29 is 12.8 Å². The molecule has 0 radical (unpaired) electrons. The van der Waals surface area contributed by atoms with E-state index < -0.39 is 10.2 Å². The van der Waals surface area contributed by atoms with Gasteiger partial charge < -0.3 is 5.32 Å². The number of fused-ring (bicyclic) bond motifs is 3. The number of benzene rings is 1. The van der Waals surface area contributed by atoms with Gasteiger partial charge in [-0.15, -0.1) is 11.3 Å². The van der Waals surface area contributed by atoms with Crippen LogP contribution in [0.2, 0.25) is 0 Å². The first kappa shape index (κ1) is 22.6. The first-order chi connectivity index (χ1) is 14.9. The largest absolute Gasteiger partial charge is 0.359 e. The summed E-state index contributed by atoms with van der Waals surface area (Å²) >= 11 is 1.67. The Hall–Kier alpha value is -1.55. The van der Waals surface area contributed by atoms with Crippen LogP contribution >= 0.6 is 11.3 Å². The molecule has 2 aliphatic rings. The Kier molecular flexibility index (Phi) is 6.95. The topological polar surface area (TPSA) is 74.3 Å². The van der Waals surface area contributed by atoms with E-state index >= 15 is 0 Å². The molecule has 0 spiro atoms. The van der Waals surface area contributed by atoms with Crippen LogP contribution in [0, 0.1) is 5.82 Å². The zero-order valence-corrected chi connectivity index (χ0v) is 19.8. The van der Waals surface area contributed by atoms with Crippen LogP contribution in [0.4, 0.5) is 9.52 Å². The number of aryl methyl sites for hydroxylation is 2. The van der Waals surface area contributed by atoms with E-state index in [9.17, 15) is 12.8 Å². The number of anilines is 1. The van der Waals surface area contributed by atoms with Gasteiger partial charge in [-0.2, -0.15) is 17.4 Å². The van der Waals surface area contributed by atoms with Crippen molar-refractivity contribution in [2.45, 2.75) is 70.9 Å². The van der Waals surface area contributed by atoms with Gasteiger partial charge in [0.25, 0.3) is 10.2 Å². The molecule has 0 amide bonds. The first-order valence-corrected chi connectivity index (χ1v) is 13.5. The summed E-state index contributed by atoms with van der Waals surface area (Å²) < 4.78 is 43.1. The molecule has 2 aromatic rings. The van der Waals surface area contributed by atoms with Crippen LogP contribution in [0.3, 0.4) is 0 Å². The lowest BCUT2D eigenvalue weighted by atomic mass is 9.92. The molecule has 2 aliphatic carbocycles. The number of thiazole rings is 1. The molecule has 0 bridgehead atoms. The smallest absolute Gasteiger partial charge is 0.279 e. The fraction of sp³-hybridized carbons (Fsp3) is 0.591. The lowest BCUT2D eigenvalue weighted by Gasteiger charge is -2.31. The van der Waals surface area contributed by atoms with E-state index in [1.807, 2.05) is 19.9 Å². The number of nitrogens with zero attached hydrogens (tertiary/aromatic N) is 2. The van der Waals surface area contributed by atoms with E-state index in [2.05, 4.69) is 10.0 Å². The molecule has 31 heavy (non-hydrogen) atoms. The zero-order valence-electron chi connectivity index (χ0n) is 18.2. The van der Waals surface area contributed by atoms with Crippen molar-refractivity contribution in [2.75, 3.05) is 18.4 Å². The van der Waals surface area contributed by atoms with E-state index in [0.717, 1.165) is 66.9 Å². The summed E-state index contributed by atoms with van der Waals surface area (Å²) in [4.78, 5) is 6.05. The number of hydrogen-bond donors (Lipinski definition) is 2. The highest BCUT2D eigenvalue weighted by molar-refractivity contribution is 7.87. The Balaban J connectivity index is 1.39. The van der Waals surface area contributed by atoms with E-state index in [0.29, 0.717) is 13.1 Å². The van der Waals surface area contributed by atoms with Gasteiger partial charge in [0.15, 0.2) is 5.13 Å². The van der Waals surface area contributed by atoms with E-state index in [4.69, 9.17) is 4.98 Å². The van der Waals surface area contributed by atoms with E-state index in [1.54, 1.807) is 17.4 Å². The van der Waals surface area contributed by atoms with Crippen LogP contribution in [0.15, 0.2) is 18.2 Å². The molecular weight excluding hydrogens is 435 g/mol. The fourth-order valence-corrected chi connectivity index (χ4v) is 7.18. The van der Waals surface area contributed by atoms with Crippen LogP contribution in [0.5, 0.6) is 0 Å². The number of rotatable bonds is 7. The summed E-state index contributed by atoms with van der Waals surface area (Å²) in [6, 6.07) is 5.27. The third kappa shape index (κ3) is 5.10. The molecule has 1 aromatic heterocycles. The third-order valence-corrected chi connectivity index (χ3v) is 9.16. The van der Waals surface area contributed by atoms with E-state index in [1.165, 1.54) is 15.2 Å². The summed E-state index contributed by atoms with van der Waals surface area (Å²) in [5.41, 5.74) is 3.00. The summed E-state index contributed by atoms with van der Waals surface area (Å²) in [5.74, 6) is -0.223. The summed E-state index contributed by atoms with van der Waals surface area (Å²) in [7, 11) is -3.41. The predicted octanol–water partition coefficient (Wildman–Crippen LogP) is 4.34. The minimum Gasteiger partial charge on any atom is -0.359 e. The molecule has 1 aromatic carbocycles. The lowest BCUT2D eigenvalue weighted by molar-refractivity contribution is 0.368. The van der Waals surface area contributed by atoms with Crippen molar-refractivity contribution in [3.05, 3.63) is 34.5 Å². The monoisotopic (exact) mass is 466 g/mol. The second kappa shape index (κ2) is 9.52. The second-order valence-electron chi connectivity index (χ2n) is 8.35. The maximum Gasteiger partial charge on any atom is 0.279 e. The molecule has 6 nitrogen and oxygen atoms in total. The molecule has 1 saturated carbocycles. The van der Waals surface area contributed by atoms with Crippen LogP contribution in [-0.4, -0.2) is 42.9 Å². The highest BCUT2D eigenvalue weighted by atomic mass is 32.2. The zero-order chi connectivity index (χ0) is 22.0. The third-order valence-electron chi connectivity index (χ3n) is 6.29. The molecule has 4 rings (SSSR count). The summed E-state index contributed by atoms with van der Waals surface area (Å²) in [6.07, 6.45) is 6.35. The van der Waals surface area contributed by atoms with Gasteiger partial charge in [-0.3, -0.25) is 0 Å². The molecule has 0 unspecified atom stereocenters. The summed E-state index contributed by atoms with van der Waals surface area (Å²) in [6.45, 7) is 4.66. The van der Waals surface area contributed by atoms with Crippen molar-refractivity contribution in [3.8, 4) is 11.3 Å². The van der Waals surface area contributed by atoms with E-state index in [-0.39, 0.29) is 17.9 Å². The molecular formula is C22H31FN4O2S2. The molecule has 9 heteroatoms. The van der Waals surface area contributed by atoms with Crippen molar-refractivity contribution in [3.63, 3.8) is 0 Å². The van der Waals surface area contributed by atoms with Gasteiger partial charge in [-0.1, -0.05) is 19.9 Å². The normalized spacial score (nSPS) is 21.4. The van der Waals surface area contributed by atoms with Gasteiger partial charge in [0, 0.05) is 35.6 Å². The molecule has 170 valence electrons. The molecule has 0 aliphatic heterocycles. The van der Waals surface area contributed by atoms with Crippen LogP contribution in [0.25, 0.3) is 11.3 Å². The van der Waals surface area contributed by atoms with Crippen LogP contribution < -0.4 is 10.0 Å². The molecule has 1 fully saturated rings. The molecule has 0 atom stereocenters. The Morgan fingerprint density at radius 2 is 1.84 bits per heavy atom. The number of aromatic nitrogens is 1. The number of hydrogen-bond acceptors (Lipinski definition) is 5. The first-order valence-electron chi connectivity index (χ1n) is 11.2. The maximum absolute atomic E-state index is 13.9. The standard InChI is InChI=1S/C22H31FN4O2S2/c1-3-27(4-2)31(28,29)26-18-12-10-17(11-13-18)24-22-25-21-19-14-16(23)9-8-15(19)6-5-7-20(21)30-22/h8-9,14,17-18,26H,3-7,10-13H2,1-2H3,(H,24,25). The average Bonchev–Trinajstić information content (AvgIpc) is 3.05. The van der Waals surface area contributed by atoms with Gasteiger partial charge in [-0.25, -0.2) is 9.37 Å². The van der Waals surface area contributed by atoms with Gasteiger partial charge in [0.05, 0.1) is 5.69 Å². The van der Waals surface area contributed by atoms with Crippen molar-refractivity contribution >= 4 is 26.7 Å². The Bertz CT molecular complexity index is 1010. The Labute approximate surface area is 188 Å². The minimum absolute atomic E-state index is 0.0217. The van der Waals surface area contributed by atoms with Crippen molar-refractivity contribution in [2.24, 2.45) is 0 Å². The minimum atomic E-state index is -3.41. The molecule has 0 saturated heterocycles. The van der Waals surface area contributed by atoms with Gasteiger partial charge in [-0.05, 0) is 62.6 Å². The van der Waals surface area contributed by atoms with Gasteiger partial charge in [0.1, 0.15) is 5.82 Å².